The fourth-order valence-electron chi connectivity index (χ4n) is 2.46. The summed E-state index contributed by atoms with van der Waals surface area (Å²) in [6.07, 6.45) is 2.22. The van der Waals surface area contributed by atoms with E-state index in [0.717, 1.165) is 12.8 Å². The van der Waals surface area contributed by atoms with E-state index in [1.165, 1.54) is 11.0 Å². The Morgan fingerprint density at radius 3 is 2.71 bits per heavy atom. The molecule has 1 aromatic carbocycles. The van der Waals surface area contributed by atoms with Gasteiger partial charge < -0.3 is 19.5 Å². The number of rotatable bonds is 5. The molecule has 1 N–H and O–H groups in total. The zero-order valence-corrected chi connectivity index (χ0v) is 11.9. The molecule has 3 rings (SSSR count). The number of nitrogens with zero attached hydrogens (tertiary/aromatic N) is 1. The molecule has 2 aliphatic rings. The monoisotopic (exact) mass is 311 g/mol. The van der Waals surface area contributed by atoms with Crippen molar-refractivity contribution < 1.29 is 24.2 Å². The fourth-order valence-corrected chi connectivity index (χ4v) is 2.73. The van der Waals surface area contributed by atoms with Crippen LogP contribution < -0.4 is 9.47 Å². The number of aliphatic carboxylic acids is 1. The van der Waals surface area contributed by atoms with Crippen molar-refractivity contribution in [2.75, 3.05) is 13.2 Å². The SMILES string of the molecule is O=CN(C1CC1)C(C(=O)O)c1cc(Cl)c2c(c1)OCCO2. The molecule has 0 radical (unpaired) electrons. The van der Waals surface area contributed by atoms with Gasteiger partial charge >= 0.3 is 5.97 Å². The van der Waals surface area contributed by atoms with Crippen LogP contribution in [0.2, 0.25) is 5.02 Å². The number of carbonyl (C=O) groups is 2. The number of carboxylic acids is 1. The van der Waals surface area contributed by atoms with Gasteiger partial charge in [-0.25, -0.2) is 4.79 Å². The van der Waals surface area contributed by atoms with Crippen molar-refractivity contribution in [1.29, 1.82) is 0 Å². The smallest absolute Gasteiger partial charge is 0.331 e. The molecule has 0 saturated heterocycles. The van der Waals surface area contributed by atoms with Crippen molar-refractivity contribution >= 4 is 24.0 Å². The van der Waals surface area contributed by atoms with Crippen LogP contribution in [-0.2, 0) is 9.59 Å². The van der Waals surface area contributed by atoms with Crippen LogP contribution in [0.5, 0.6) is 11.5 Å². The highest BCUT2D eigenvalue weighted by Crippen LogP contribution is 2.42. The summed E-state index contributed by atoms with van der Waals surface area (Å²) in [4.78, 5) is 24.2. The lowest BCUT2D eigenvalue weighted by Crippen LogP contribution is -2.35. The number of benzene rings is 1. The Bertz CT molecular complexity index is 587. The highest BCUT2D eigenvalue weighted by molar-refractivity contribution is 6.32. The van der Waals surface area contributed by atoms with Crippen molar-refractivity contribution in [2.45, 2.75) is 24.9 Å². The molecule has 1 aromatic rings. The van der Waals surface area contributed by atoms with Crippen LogP contribution in [0.3, 0.4) is 0 Å². The highest BCUT2D eigenvalue weighted by atomic mass is 35.5. The second-order valence-corrected chi connectivity index (χ2v) is 5.46. The minimum atomic E-state index is -1.10. The van der Waals surface area contributed by atoms with Gasteiger partial charge in [-0.2, -0.15) is 0 Å². The van der Waals surface area contributed by atoms with Crippen LogP contribution in [0.25, 0.3) is 0 Å². The van der Waals surface area contributed by atoms with E-state index < -0.39 is 12.0 Å². The van der Waals surface area contributed by atoms with Gasteiger partial charge in [0.25, 0.3) is 0 Å². The maximum atomic E-state index is 11.6. The number of carbonyl (C=O) groups excluding carboxylic acids is 1. The molecule has 1 fully saturated rings. The van der Waals surface area contributed by atoms with Gasteiger partial charge in [0.15, 0.2) is 17.5 Å². The van der Waals surface area contributed by atoms with Gasteiger partial charge in [-0.3, -0.25) is 4.79 Å². The molecule has 21 heavy (non-hydrogen) atoms. The second-order valence-electron chi connectivity index (χ2n) is 5.05. The molecular formula is C14H14ClNO5. The van der Waals surface area contributed by atoms with Gasteiger partial charge in [0, 0.05) is 6.04 Å². The third-order valence-corrected chi connectivity index (χ3v) is 3.84. The number of ether oxygens (including phenoxy) is 2. The Morgan fingerprint density at radius 2 is 2.10 bits per heavy atom. The van der Waals surface area contributed by atoms with Crippen LogP contribution in [0.4, 0.5) is 0 Å². The molecule has 6 nitrogen and oxygen atoms in total. The number of fused-ring (bicyclic) bond motifs is 1. The topological polar surface area (TPSA) is 76.1 Å². The van der Waals surface area contributed by atoms with E-state index in [-0.39, 0.29) is 11.1 Å². The normalized spacial score (nSPS) is 18.0. The average Bonchev–Trinajstić information content (AvgIpc) is 3.28. The van der Waals surface area contributed by atoms with Crippen molar-refractivity contribution in [3.05, 3.63) is 22.7 Å². The summed E-state index contributed by atoms with van der Waals surface area (Å²) in [7, 11) is 0. The quantitative estimate of drug-likeness (QED) is 0.840. The van der Waals surface area contributed by atoms with Crippen molar-refractivity contribution in [1.82, 2.24) is 4.90 Å². The van der Waals surface area contributed by atoms with Crippen molar-refractivity contribution in [2.24, 2.45) is 0 Å². The maximum absolute atomic E-state index is 11.6. The summed E-state index contributed by atoms with van der Waals surface area (Å²) in [6, 6.07) is 2.02. The van der Waals surface area contributed by atoms with Gasteiger partial charge in [-0.15, -0.1) is 0 Å². The Balaban J connectivity index is 2.01. The predicted octanol–water partition coefficient (Wildman–Crippen LogP) is 1.86. The number of hydrogen-bond donors (Lipinski definition) is 1. The zero-order valence-electron chi connectivity index (χ0n) is 11.1. The Morgan fingerprint density at radius 1 is 1.38 bits per heavy atom. The summed E-state index contributed by atoms with van der Waals surface area (Å²) in [5.41, 5.74) is 0.413. The van der Waals surface area contributed by atoms with Crippen LogP contribution in [0.1, 0.15) is 24.4 Å². The number of carboxylic acid groups (broad SMARTS) is 1. The first-order chi connectivity index (χ1) is 10.1. The molecule has 0 bridgehead atoms. The van der Waals surface area contributed by atoms with Crippen molar-refractivity contribution in [3.63, 3.8) is 0 Å². The van der Waals surface area contributed by atoms with Crippen molar-refractivity contribution in [3.8, 4) is 11.5 Å². The zero-order chi connectivity index (χ0) is 15.0. The van der Waals surface area contributed by atoms with Gasteiger partial charge in [0.1, 0.15) is 13.2 Å². The van der Waals surface area contributed by atoms with E-state index in [1.54, 1.807) is 6.07 Å². The molecule has 1 atom stereocenters. The molecule has 7 heteroatoms. The predicted molar refractivity (Wildman–Crippen MR) is 73.7 cm³/mol. The van der Waals surface area contributed by atoms with Gasteiger partial charge in [-0.05, 0) is 30.5 Å². The summed E-state index contributed by atoms with van der Waals surface area (Å²) >= 11 is 6.13. The molecule has 0 aromatic heterocycles. The lowest BCUT2D eigenvalue weighted by Gasteiger charge is -2.27. The molecule has 1 saturated carbocycles. The first kappa shape index (κ1) is 14.0. The Kier molecular flexibility index (Phi) is 3.63. The molecule has 1 aliphatic carbocycles. The number of halogens is 1. The van der Waals surface area contributed by atoms with Gasteiger partial charge in [-0.1, -0.05) is 11.6 Å². The summed E-state index contributed by atoms with van der Waals surface area (Å²) < 4.78 is 10.9. The minimum Gasteiger partial charge on any atom is -0.486 e. The van der Waals surface area contributed by atoms with Gasteiger partial charge in [0.05, 0.1) is 5.02 Å². The summed E-state index contributed by atoms with van der Waals surface area (Å²) in [5, 5.41) is 9.77. The van der Waals surface area contributed by atoms with Gasteiger partial charge in [0.2, 0.25) is 6.41 Å². The molecular weight excluding hydrogens is 298 g/mol. The van der Waals surface area contributed by atoms with E-state index in [1.807, 2.05) is 0 Å². The third kappa shape index (κ3) is 2.63. The fraction of sp³-hybridized carbons (Fsp3) is 0.429. The second kappa shape index (κ2) is 5.44. The molecule has 112 valence electrons. The molecule has 1 heterocycles. The number of hydrogen-bond acceptors (Lipinski definition) is 4. The largest absolute Gasteiger partial charge is 0.486 e. The maximum Gasteiger partial charge on any atom is 0.331 e. The van der Waals surface area contributed by atoms with Crippen LogP contribution in [0, 0.1) is 0 Å². The van der Waals surface area contributed by atoms with E-state index >= 15 is 0 Å². The Labute approximate surface area is 126 Å². The van der Waals surface area contributed by atoms with Crippen LogP contribution in [0.15, 0.2) is 12.1 Å². The third-order valence-electron chi connectivity index (χ3n) is 3.56. The lowest BCUT2D eigenvalue weighted by atomic mass is 10.0. The summed E-state index contributed by atoms with van der Waals surface area (Å²) in [6.45, 7) is 0.779. The van der Waals surface area contributed by atoms with Crippen LogP contribution >= 0.6 is 11.6 Å². The Hall–Kier alpha value is -1.95. The first-order valence-electron chi connectivity index (χ1n) is 6.66. The highest BCUT2D eigenvalue weighted by Gasteiger charge is 2.38. The molecule has 1 aliphatic heterocycles. The minimum absolute atomic E-state index is 0.0180. The van der Waals surface area contributed by atoms with E-state index in [0.29, 0.717) is 36.7 Å². The average molecular weight is 312 g/mol. The first-order valence-corrected chi connectivity index (χ1v) is 7.04. The van der Waals surface area contributed by atoms with E-state index in [9.17, 15) is 14.7 Å². The van der Waals surface area contributed by atoms with E-state index in [2.05, 4.69) is 0 Å². The standard InChI is InChI=1S/C14H14ClNO5/c15-10-5-8(6-11-13(10)21-4-3-20-11)12(14(18)19)16(7-17)9-1-2-9/h5-7,9,12H,1-4H2,(H,18,19). The van der Waals surface area contributed by atoms with Crippen LogP contribution in [-0.4, -0.2) is 41.6 Å². The molecule has 1 amide bonds. The number of amides is 1. The lowest BCUT2D eigenvalue weighted by molar-refractivity contribution is -0.147. The summed E-state index contributed by atoms with van der Waals surface area (Å²) in [5.74, 6) is -0.265. The molecule has 0 spiro atoms. The van der Waals surface area contributed by atoms with E-state index in [4.69, 9.17) is 21.1 Å². The molecule has 1 unspecified atom stereocenters.